The minimum atomic E-state index is -0.283. The van der Waals surface area contributed by atoms with E-state index in [0.717, 1.165) is 29.7 Å². The van der Waals surface area contributed by atoms with Crippen molar-refractivity contribution in [1.29, 1.82) is 0 Å². The van der Waals surface area contributed by atoms with Gasteiger partial charge in [-0.2, -0.15) is 0 Å². The summed E-state index contributed by atoms with van der Waals surface area (Å²) in [6.45, 7) is 2.58. The number of ether oxygens (including phenoxy) is 1. The Morgan fingerprint density at radius 2 is 1.94 bits per heavy atom. The number of aromatic hydroxyl groups is 1. The third kappa shape index (κ3) is 3.89. The van der Waals surface area contributed by atoms with E-state index in [-0.39, 0.29) is 41.4 Å². The van der Waals surface area contributed by atoms with Crippen LogP contribution in [0.1, 0.15) is 37.4 Å². The van der Waals surface area contributed by atoms with E-state index >= 15 is 0 Å². The van der Waals surface area contributed by atoms with Crippen LogP contribution in [0.4, 0.5) is 0 Å². The number of carbonyl (C=O) groups is 2. The van der Waals surface area contributed by atoms with Gasteiger partial charge >= 0.3 is 0 Å². The van der Waals surface area contributed by atoms with Gasteiger partial charge in [-0.3, -0.25) is 19.5 Å². The molecular formula is C27H28N2O4. The molecule has 6 nitrogen and oxygen atoms in total. The Morgan fingerprint density at radius 1 is 1.15 bits per heavy atom. The number of likely N-dealkylation sites (tertiary alicyclic amines) is 1. The second-order valence-electron chi connectivity index (χ2n) is 9.25. The van der Waals surface area contributed by atoms with Crippen LogP contribution in [0, 0.1) is 17.8 Å². The van der Waals surface area contributed by atoms with Crippen molar-refractivity contribution >= 4 is 23.5 Å². The van der Waals surface area contributed by atoms with Crippen molar-refractivity contribution in [3.8, 4) is 5.75 Å². The van der Waals surface area contributed by atoms with Crippen LogP contribution in [0.3, 0.4) is 0 Å². The molecule has 2 aromatic rings. The Balaban J connectivity index is 1.39. The van der Waals surface area contributed by atoms with Gasteiger partial charge < -0.3 is 9.84 Å². The predicted octanol–water partition coefficient (Wildman–Crippen LogP) is 4.07. The van der Waals surface area contributed by atoms with Crippen molar-refractivity contribution in [2.24, 2.45) is 17.8 Å². The SMILES string of the molecule is CC1=C2[C@@H](CC/C(=C/c3ccc(O)cc3)c3ccccn3)OC[C@@H]2[C@@H]2C(=O)N(C)C(=O)[C@@H]2C1. The molecule has 1 aromatic carbocycles. The summed E-state index contributed by atoms with van der Waals surface area (Å²) in [5.74, 6) is -0.409. The van der Waals surface area contributed by atoms with Gasteiger partial charge in [-0.1, -0.05) is 23.8 Å². The Kier molecular flexibility index (Phi) is 5.62. The van der Waals surface area contributed by atoms with Crippen molar-refractivity contribution in [2.75, 3.05) is 13.7 Å². The summed E-state index contributed by atoms with van der Waals surface area (Å²) < 4.78 is 6.23. The average molecular weight is 445 g/mol. The molecule has 2 fully saturated rings. The van der Waals surface area contributed by atoms with E-state index in [0.29, 0.717) is 13.0 Å². The quantitative estimate of drug-likeness (QED) is 0.555. The van der Waals surface area contributed by atoms with E-state index < -0.39 is 0 Å². The standard InChI is InChI=1S/C27H28N2O4/c1-16-13-20-25(27(32)29(2)26(20)31)21-15-33-23(24(16)21)11-8-18(22-5-3-4-12-28-22)14-17-6-9-19(30)10-7-17/h3-7,9-10,12,14,20-21,23,25,30H,8,11,13,15H2,1-2H3/b18-14-/t20-,21+,23-,25-/m1/s1. The zero-order chi connectivity index (χ0) is 23.1. The van der Waals surface area contributed by atoms with Gasteiger partial charge in [0.2, 0.25) is 11.8 Å². The smallest absolute Gasteiger partial charge is 0.233 e. The van der Waals surface area contributed by atoms with Gasteiger partial charge in [-0.15, -0.1) is 0 Å². The number of hydrogen-bond donors (Lipinski definition) is 1. The first-order chi connectivity index (χ1) is 15.9. The zero-order valence-electron chi connectivity index (χ0n) is 18.9. The Labute approximate surface area is 193 Å². The third-order valence-corrected chi connectivity index (χ3v) is 7.28. The molecule has 6 heteroatoms. The molecule has 2 aliphatic heterocycles. The highest BCUT2D eigenvalue weighted by molar-refractivity contribution is 6.05. The molecule has 1 aliphatic carbocycles. The number of allylic oxidation sites excluding steroid dienone is 2. The average Bonchev–Trinajstić information content (AvgIpc) is 3.34. The molecule has 5 rings (SSSR count). The fourth-order valence-electron chi connectivity index (χ4n) is 5.67. The third-order valence-electron chi connectivity index (χ3n) is 7.28. The van der Waals surface area contributed by atoms with Crippen LogP contribution in [-0.2, 0) is 14.3 Å². The number of phenolic OH excluding ortho intramolecular Hbond substituents is 1. The lowest BCUT2D eigenvalue weighted by atomic mass is 9.70. The number of benzene rings is 1. The van der Waals surface area contributed by atoms with Crippen LogP contribution < -0.4 is 0 Å². The zero-order valence-corrected chi connectivity index (χ0v) is 18.9. The number of amides is 2. The number of pyridine rings is 1. The molecule has 170 valence electrons. The topological polar surface area (TPSA) is 79.7 Å². The van der Waals surface area contributed by atoms with E-state index in [1.807, 2.05) is 30.3 Å². The maximum Gasteiger partial charge on any atom is 0.233 e. The van der Waals surface area contributed by atoms with Gasteiger partial charge in [-0.05, 0) is 73.2 Å². The molecular weight excluding hydrogens is 416 g/mol. The number of imide groups is 1. The van der Waals surface area contributed by atoms with E-state index in [2.05, 4.69) is 18.0 Å². The van der Waals surface area contributed by atoms with Gasteiger partial charge in [0.15, 0.2) is 0 Å². The second kappa shape index (κ2) is 8.60. The van der Waals surface area contributed by atoms with Crippen LogP contribution in [-0.4, -0.2) is 46.6 Å². The molecule has 0 unspecified atom stereocenters. The molecule has 0 saturated carbocycles. The second-order valence-corrected chi connectivity index (χ2v) is 9.25. The maximum atomic E-state index is 12.8. The molecule has 33 heavy (non-hydrogen) atoms. The number of aromatic nitrogens is 1. The molecule has 0 spiro atoms. The monoisotopic (exact) mass is 444 g/mol. The first-order valence-electron chi connectivity index (χ1n) is 11.5. The van der Waals surface area contributed by atoms with E-state index in [4.69, 9.17) is 4.74 Å². The van der Waals surface area contributed by atoms with Crippen LogP contribution in [0.15, 0.2) is 59.8 Å². The lowest BCUT2D eigenvalue weighted by Crippen LogP contribution is -2.33. The fourth-order valence-corrected chi connectivity index (χ4v) is 5.67. The van der Waals surface area contributed by atoms with Crippen molar-refractivity contribution in [1.82, 2.24) is 9.88 Å². The molecule has 2 saturated heterocycles. The first-order valence-corrected chi connectivity index (χ1v) is 11.5. The van der Waals surface area contributed by atoms with Crippen molar-refractivity contribution in [2.45, 2.75) is 32.3 Å². The van der Waals surface area contributed by atoms with E-state index in [1.165, 1.54) is 16.0 Å². The van der Waals surface area contributed by atoms with Crippen LogP contribution in [0.5, 0.6) is 5.75 Å². The normalized spacial score (nSPS) is 27.2. The summed E-state index contributed by atoms with van der Waals surface area (Å²) in [7, 11) is 1.60. The number of carbonyl (C=O) groups excluding carboxylic acids is 2. The molecule has 1 N–H and O–H groups in total. The molecule has 0 bridgehead atoms. The fraction of sp³-hybridized carbons (Fsp3) is 0.370. The highest BCUT2D eigenvalue weighted by Crippen LogP contribution is 2.49. The van der Waals surface area contributed by atoms with Gasteiger partial charge in [0, 0.05) is 19.2 Å². The Morgan fingerprint density at radius 3 is 2.67 bits per heavy atom. The summed E-state index contributed by atoms with van der Waals surface area (Å²) in [4.78, 5) is 31.2. The highest BCUT2D eigenvalue weighted by Gasteiger charge is 2.55. The Hall–Kier alpha value is -3.25. The molecule has 3 heterocycles. The van der Waals surface area contributed by atoms with Crippen molar-refractivity contribution in [3.63, 3.8) is 0 Å². The summed E-state index contributed by atoms with van der Waals surface area (Å²) in [5, 5.41) is 9.60. The van der Waals surface area contributed by atoms with Crippen LogP contribution in [0.25, 0.3) is 11.6 Å². The largest absolute Gasteiger partial charge is 0.508 e. The summed E-state index contributed by atoms with van der Waals surface area (Å²) >= 11 is 0. The van der Waals surface area contributed by atoms with Gasteiger partial charge in [0.05, 0.1) is 30.2 Å². The van der Waals surface area contributed by atoms with Crippen molar-refractivity contribution < 1.29 is 19.4 Å². The molecule has 3 aliphatic rings. The molecule has 0 radical (unpaired) electrons. The summed E-state index contributed by atoms with van der Waals surface area (Å²) in [6, 6.07) is 13.0. The maximum absolute atomic E-state index is 12.8. The van der Waals surface area contributed by atoms with Crippen molar-refractivity contribution in [3.05, 3.63) is 71.1 Å². The number of nitrogens with zero attached hydrogens (tertiary/aromatic N) is 2. The lowest BCUT2D eigenvalue weighted by molar-refractivity contribution is -0.138. The van der Waals surface area contributed by atoms with Gasteiger partial charge in [0.25, 0.3) is 0 Å². The first kappa shape index (κ1) is 21.6. The number of fused-ring (bicyclic) bond motifs is 3. The van der Waals surface area contributed by atoms with Gasteiger partial charge in [0.1, 0.15) is 5.75 Å². The summed E-state index contributed by atoms with van der Waals surface area (Å²) in [5.41, 5.74) is 5.41. The van der Waals surface area contributed by atoms with Crippen LogP contribution in [0.2, 0.25) is 0 Å². The predicted molar refractivity (Wildman–Crippen MR) is 125 cm³/mol. The van der Waals surface area contributed by atoms with E-state index in [9.17, 15) is 14.7 Å². The lowest BCUT2D eigenvalue weighted by Gasteiger charge is -2.30. The minimum absolute atomic E-state index is 0.00507. The van der Waals surface area contributed by atoms with Gasteiger partial charge in [-0.25, -0.2) is 0 Å². The number of hydrogen-bond acceptors (Lipinski definition) is 5. The summed E-state index contributed by atoms with van der Waals surface area (Å²) in [6.07, 6.45) is 6.00. The van der Waals surface area contributed by atoms with E-state index in [1.54, 1.807) is 25.4 Å². The minimum Gasteiger partial charge on any atom is -0.508 e. The van der Waals surface area contributed by atoms with Crippen LogP contribution >= 0.6 is 0 Å². The molecule has 2 amide bonds. The number of rotatable bonds is 5. The molecule has 1 aromatic heterocycles. The number of phenols is 1. The molecule has 4 atom stereocenters. The highest BCUT2D eigenvalue weighted by atomic mass is 16.5. The Bertz CT molecular complexity index is 1140.